The molecular weight excluding hydrogens is 451 g/mol. The first-order chi connectivity index (χ1) is 16.3. The summed E-state index contributed by atoms with van der Waals surface area (Å²) in [5, 5.41) is 0. The van der Waals surface area contributed by atoms with Crippen LogP contribution in [0.3, 0.4) is 0 Å². The zero-order valence-corrected chi connectivity index (χ0v) is 18.6. The van der Waals surface area contributed by atoms with Crippen molar-refractivity contribution in [1.29, 1.82) is 0 Å². The monoisotopic (exact) mass is 477 g/mol. The van der Waals surface area contributed by atoms with Crippen molar-refractivity contribution in [3.8, 4) is 5.75 Å². The van der Waals surface area contributed by atoms with Crippen molar-refractivity contribution in [2.45, 2.75) is 31.9 Å². The molecule has 0 radical (unpaired) electrons. The average Bonchev–Trinajstić information content (AvgIpc) is 2.84. The van der Waals surface area contributed by atoms with E-state index >= 15 is 0 Å². The number of rotatable bonds is 9. The second-order valence-corrected chi connectivity index (χ2v) is 7.82. The second-order valence-electron chi connectivity index (χ2n) is 7.82. The molecule has 2 aromatic rings. The third kappa shape index (κ3) is 8.22. The molecule has 0 spiro atoms. The summed E-state index contributed by atoms with van der Waals surface area (Å²) in [6.45, 7) is 2.15. The van der Waals surface area contributed by atoms with Gasteiger partial charge in [0.05, 0.1) is 13.0 Å². The Kier molecular flexibility index (Phi) is 9.09. The zero-order valence-electron chi connectivity index (χ0n) is 18.6. The SMILES string of the molecule is O=C(CCN1CC=C(c2cccc(OCCCc3ccccc3)c2)CC1)OOC(=O)C(F)(F)F. The van der Waals surface area contributed by atoms with Gasteiger partial charge in [-0.3, -0.25) is 4.90 Å². The highest BCUT2D eigenvalue weighted by Crippen LogP contribution is 2.26. The summed E-state index contributed by atoms with van der Waals surface area (Å²) in [4.78, 5) is 31.4. The maximum absolute atomic E-state index is 12.0. The van der Waals surface area contributed by atoms with Crippen LogP contribution in [-0.4, -0.2) is 49.3 Å². The lowest BCUT2D eigenvalue weighted by atomic mass is 9.99. The number of alkyl halides is 3. The van der Waals surface area contributed by atoms with Crippen molar-refractivity contribution < 1.29 is 37.3 Å². The van der Waals surface area contributed by atoms with Crippen LogP contribution >= 0.6 is 0 Å². The number of nitrogens with zero attached hydrogens (tertiary/aromatic N) is 1. The van der Waals surface area contributed by atoms with Crippen molar-refractivity contribution in [2.75, 3.05) is 26.2 Å². The van der Waals surface area contributed by atoms with Gasteiger partial charge in [-0.2, -0.15) is 13.2 Å². The van der Waals surface area contributed by atoms with Gasteiger partial charge in [0.15, 0.2) is 0 Å². The van der Waals surface area contributed by atoms with Crippen molar-refractivity contribution in [2.24, 2.45) is 0 Å². The highest BCUT2D eigenvalue weighted by Gasteiger charge is 2.43. The van der Waals surface area contributed by atoms with Gasteiger partial charge in [-0.15, -0.1) is 0 Å². The number of ether oxygens (including phenoxy) is 1. The summed E-state index contributed by atoms with van der Waals surface area (Å²) < 4.78 is 42.0. The first-order valence-corrected chi connectivity index (χ1v) is 11.0. The van der Waals surface area contributed by atoms with Crippen LogP contribution in [0, 0.1) is 0 Å². The predicted molar refractivity (Wildman–Crippen MR) is 119 cm³/mol. The lowest BCUT2D eigenvalue weighted by Crippen LogP contribution is -2.31. The molecule has 3 rings (SSSR count). The van der Waals surface area contributed by atoms with Gasteiger partial charge in [0.1, 0.15) is 5.75 Å². The van der Waals surface area contributed by atoms with Crippen LogP contribution in [0.2, 0.25) is 0 Å². The molecule has 0 saturated heterocycles. The molecule has 0 amide bonds. The molecule has 0 aromatic heterocycles. The first kappa shape index (κ1) is 25.3. The minimum atomic E-state index is -5.21. The number of halogens is 3. The Hall–Kier alpha value is -3.33. The van der Waals surface area contributed by atoms with E-state index in [0.29, 0.717) is 19.7 Å². The van der Waals surface area contributed by atoms with E-state index in [-0.39, 0.29) is 13.0 Å². The fraction of sp³-hybridized carbons (Fsp3) is 0.360. The Morgan fingerprint density at radius 1 is 1.00 bits per heavy atom. The van der Waals surface area contributed by atoms with Crippen LogP contribution in [0.5, 0.6) is 5.75 Å². The molecule has 0 bridgehead atoms. The Morgan fingerprint density at radius 3 is 2.50 bits per heavy atom. The number of aryl methyl sites for hydroxylation is 1. The zero-order chi connectivity index (χ0) is 24.4. The standard InChI is InChI=1S/C25H26F3NO5/c26-25(27,28)24(31)34-33-23(30)13-16-29-14-11-20(12-15-29)21-9-4-10-22(18-21)32-17-5-8-19-6-2-1-3-7-19/h1-4,6-7,9-11,18H,5,8,12-17H2. The topological polar surface area (TPSA) is 65.1 Å². The van der Waals surface area contributed by atoms with Gasteiger partial charge < -0.3 is 4.74 Å². The normalized spacial score (nSPS) is 14.3. The van der Waals surface area contributed by atoms with Crippen LogP contribution in [0.15, 0.2) is 60.7 Å². The van der Waals surface area contributed by atoms with E-state index in [0.717, 1.165) is 36.1 Å². The molecule has 1 aliphatic heterocycles. The summed E-state index contributed by atoms with van der Waals surface area (Å²) in [6.07, 6.45) is -0.731. The molecule has 0 atom stereocenters. The number of carbonyl (C=O) groups is 2. The fourth-order valence-electron chi connectivity index (χ4n) is 3.50. The van der Waals surface area contributed by atoms with E-state index in [2.05, 4.69) is 21.9 Å². The van der Waals surface area contributed by atoms with Gasteiger partial charge in [-0.05, 0) is 48.1 Å². The predicted octanol–water partition coefficient (Wildman–Crippen LogP) is 4.74. The van der Waals surface area contributed by atoms with E-state index in [1.807, 2.05) is 53.4 Å². The molecule has 0 N–H and O–H groups in total. The quantitative estimate of drug-likeness (QED) is 0.295. The van der Waals surface area contributed by atoms with Gasteiger partial charge in [0.25, 0.3) is 0 Å². The van der Waals surface area contributed by atoms with Gasteiger partial charge in [-0.1, -0.05) is 48.5 Å². The molecule has 1 aliphatic rings. The summed E-state index contributed by atoms with van der Waals surface area (Å²) in [5.41, 5.74) is 3.51. The van der Waals surface area contributed by atoms with E-state index < -0.39 is 18.1 Å². The molecular formula is C25H26F3NO5. The van der Waals surface area contributed by atoms with Crippen molar-refractivity contribution in [3.63, 3.8) is 0 Å². The van der Waals surface area contributed by atoms with Crippen LogP contribution in [-0.2, 0) is 25.8 Å². The second kappa shape index (κ2) is 12.2. The number of hydrogen-bond acceptors (Lipinski definition) is 6. The molecule has 0 fully saturated rings. The van der Waals surface area contributed by atoms with Crippen LogP contribution in [0.1, 0.15) is 30.4 Å². The van der Waals surface area contributed by atoms with E-state index in [1.54, 1.807) is 0 Å². The molecule has 182 valence electrons. The molecule has 34 heavy (non-hydrogen) atoms. The summed E-state index contributed by atoms with van der Waals surface area (Å²) in [7, 11) is 0. The first-order valence-electron chi connectivity index (χ1n) is 11.0. The molecule has 6 nitrogen and oxygen atoms in total. The highest BCUT2D eigenvalue weighted by molar-refractivity contribution is 5.77. The van der Waals surface area contributed by atoms with Gasteiger partial charge in [0, 0.05) is 19.6 Å². The van der Waals surface area contributed by atoms with Crippen LogP contribution in [0.25, 0.3) is 5.57 Å². The fourth-order valence-corrected chi connectivity index (χ4v) is 3.50. The minimum Gasteiger partial charge on any atom is -0.494 e. The Balaban J connectivity index is 1.39. The largest absolute Gasteiger partial charge is 0.495 e. The van der Waals surface area contributed by atoms with Gasteiger partial charge in [0.2, 0.25) is 0 Å². The minimum absolute atomic E-state index is 0.194. The van der Waals surface area contributed by atoms with Crippen LogP contribution in [0.4, 0.5) is 13.2 Å². The molecule has 0 aliphatic carbocycles. The van der Waals surface area contributed by atoms with Crippen LogP contribution < -0.4 is 4.74 Å². The third-order valence-corrected chi connectivity index (χ3v) is 5.29. The maximum Gasteiger partial charge on any atom is 0.495 e. The van der Waals surface area contributed by atoms with E-state index in [9.17, 15) is 22.8 Å². The van der Waals surface area contributed by atoms with Gasteiger partial charge in [-0.25, -0.2) is 19.4 Å². The molecule has 1 heterocycles. The number of carbonyl (C=O) groups excluding carboxylic acids is 2. The van der Waals surface area contributed by atoms with E-state index in [1.165, 1.54) is 5.56 Å². The van der Waals surface area contributed by atoms with Gasteiger partial charge >= 0.3 is 18.1 Å². The smallest absolute Gasteiger partial charge is 0.494 e. The Morgan fingerprint density at radius 2 is 1.79 bits per heavy atom. The molecule has 9 heteroatoms. The summed E-state index contributed by atoms with van der Waals surface area (Å²) >= 11 is 0. The Labute approximate surface area is 195 Å². The molecule has 2 aromatic carbocycles. The molecule has 0 unspecified atom stereocenters. The maximum atomic E-state index is 12.0. The average molecular weight is 477 g/mol. The Bertz CT molecular complexity index is 992. The summed E-state index contributed by atoms with van der Waals surface area (Å²) in [6, 6.07) is 18.2. The number of benzene rings is 2. The van der Waals surface area contributed by atoms with Crippen molar-refractivity contribution >= 4 is 17.5 Å². The van der Waals surface area contributed by atoms with Crippen molar-refractivity contribution in [1.82, 2.24) is 4.90 Å². The number of hydrogen-bond donors (Lipinski definition) is 0. The molecule has 0 saturated carbocycles. The van der Waals surface area contributed by atoms with E-state index in [4.69, 9.17) is 4.74 Å². The summed E-state index contributed by atoms with van der Waals surface area (Å²) in [5.74, 6) is -2.79. The van der Waals surface area contributed by atoms with Crippen molar-refractivity contribution in [3.05, 3.63) is 71.8 Å². The highest BCUT2D eigenvalue weighted by atomic mass is 19.4. The third-order valence-electron chi connectivity index (χ3n) is 5.29. The lowest BCUT2D eigenvalue weighted by molar-refractivity contribution is -0.285. The lowest BCUT2D eigenvalue weighted by Gasteiger charge is -2.26.